The van der Waals surface area contributed by atoms with Crippen LogP contribution in [0.25, 0.3) is 0 Å². The minimum Gasteiger partial charge on any atom is -0.459 e. The van der Waals surface area contributed by atoms with Gasteiger partial charge in [0.15, 0.2) is 12.6 Å². The zero-order chi connectivity index (χ0) is 40.4. The monoisotopic (exact) mass is 759 g/mol. The van der Waals surface area contributed by atoms with Crippen LogP contribution in [0.1, 0.15) is 109 Å². The van der Waals surface area contributed by atoms with Gasteiger partial charge in [-0.1, -0.05) is 53.6 Å². The zero-order valence-corrected chi connectivity index (χ0v) is 35.5. The Balaban J connectivity index is 2.23. The lowest BCUT2D eigenvalue weighted by Crippen LogP contribution is -2.59. The van der Waals surface area contributed by atoms with Crippen molar-refractivity contribution in [2.45, 2.75) is 181 Å². The van der Waals surface area contributed by atoms with Gasteiger partial charge in [-0.3, -0.25) is 4.79 Å². The lowest BCUT2D eigenvalue weighted by atomic mass is 9.69. The van der Waals surface area contributed by atoms with Gasteiger partial charge in [0.05, 0.1) is 47.8 Å². The van der Waals surface area contributed by atoms with Gasteiger partial charge in [-0.2, -0.15) is 0 Å². The Morgan fingerprint density at radius 1 is 0.887 bits per heavy atom. The number of hydrogen-bond donors (Lipinski definition) is 3. The average Bonchev–Trinajstić information content (AvgIpc) is 3.08. The van der Waals surface area contributed by atoms with Crippen molar-refractivity contribution in [3.8, 4) is 0 Å². The van der Waals surface area contributed by atoms with Crippen LogP contribution in [0.2, 0.25) is 0 Å². The number of esters is 1. The summed E-state index contributed by atoms with van der Waals surface area (Å²) in [6, 6.07) is 0.220. The first-order valence-electron chi connectivity index (χ1n) is 19.7. The van der Waals surface area contributed by atoms with E-state index in [-0.39, 0.29) is 36.8 Å². The van der Waals surface area contributed by atoms with Gasteiger partial charge >= 0.3 is 5.97 Å². The normalized spacial score (nSPS) is 47.2. The first-order valence-corrected chi connectivity index (χ1v) is 19.7. The Hall–Kier alpha value is -1.42. The molecule has 0 spiro atoms. The lowest BCUT2D eigenvalue weighted by Gasteiger charge is -2.50. The third kappa shape index (κ3) is 10.1. The van der Waals surface area contributed by atoms with Gasteiger partial charge in [0, 0.05) is 37.3 Å². The highest BCUT2D eigenvalue weighted by atomic mass is 16.7. The van der Waals surface area contributed by atoms with Crippen molar-refractivity contribution in [3.05, 3.63) is 0 Å². The molecule has 3 N–H and O–H groups in total. The molecule has 3 rings (SSSR count). The van der Waals surface area contributed by atoms with Gasteiger partial charge in [-0.05, 0) is 79.3 Å². The predicted octanol–water partition coefficient (Wildman–Crippen LogP) is 4.77. The minimum absolute atomic E-state index is 0.0243. The van der Waals surface area contributed by atoms with Gasteiger partial charge in [-0.25, -0.2) is 0 Å². The van der Waals surface area contributed by atoms with Crippen LogP contribution >= 0.6 is 0 Å². The summed E-state index contributed by atoms with van der Waals surface area (Å²) in [6.07, 6.45) is -4.81. The Kier molecular flexibility index (Phi) is 15.8. The van der Waals surface area contributed by atoms with Crippen molar-refractivity contribution in [2.75, 3.05) is 28.3 Å². The first-order chi connectivity index (χ1) is 24.5. The van der Waals surface area contributed by atoms with E-state index in [0.29, 0.717) is 12.1 Å². The van der Waals surface area contributed by atoms with Crippen LogP contribution in [-0.4, -0.2) is 133 Å². The predicted molar refractivity (Wildman–Crippen MR) is 202 cm³/mol. The molecular formula is C40H74N2O11. The number of rotatable bonds is 8. The van der Waals surface area contributed by atoms with Crippen molar-refractivity contribution in [3.63, 3.8) is 0 Å². The fourth-order valence-electron chi connectivity index (χ4n) is 9.38. The number of carbonyl (C=O) groups excluding carboxylic acids is 1. The third-order valence-corrected chi connectivity index (χ3v) is 12.7. The average molecular weight is 759 g/mol. The highest BCUT2D eigenvalue weighted by Crippen LogP contribution is 2.44. The molecule has 0 saturated carbocycles. The standard InChI is InChI=1S/C40H74N2O11/c1-17-29-40(12,46)33(43)24(5)31(41-48-16)21(2)19-38(9,10)35(53-37-23(4)28(42(13)14)18-22(3)49-37)25(6)32(26(7)36(45)51-29)52-30-20-39(11,47-15)34(44)27(8)50-30/h21-30,32-35,37,43-44,46H,17-20H2,1-16H3/b41-31-/t21-,22?,23?,24+,25+,26-,27?,28?,29-,30?,32+,33-,34?,35-,37?,39?,40-/m1/s1. The molecule has 3 aliphatic rings. The highest BCUT2D eigenvalue weighted by molar-refractivity contribution is 5.88. The Morgan fingerprint density at radius 3 is 2.06 bits per heavy atom. The fourth-order valence-corrected chi connectivity index (χ4v) is 9.38. The maximum absolute atomic E-state index is 14.3. The molecule has 0 aromatic carbocycles. The van der Waals surface area contributed by atoms with E-state index in [9.17, 15) is 20.1 Å². The number of nitrogens with zero attached hydrogens (tertiary/aromatic N) is 2. The van der Waals surface area contributed by atoms with E-state index in [1.807, 2.05) is 20.8 Å². The Bertz CT molecular complexity index is 1220. The molecule has 3 aliphatic heterocycles. The second-order valence-electron chi connectivity index (χ2n) is 17.8. The topological polar surface area (TPSA) is 158 Å². The van der Waals surface area contributed by atoms with Crippen LogP contribution in [0.3, 0.4) is 0 Å². The number of hydrogen-bond acceptors (Lipinski definition) is 13. The van der Waals surface area contributed by atoms with Crippen molar-refractivity contribution in [1.29, 1.82) is 0 Å². The number of aliphatic hydroxyl groups is 3. The number of oxime groups is 1. The fraction of sp³-hybridized carbons (Fsp3) is 0.950. The largest absolute Gasteiger partial charge is 0.459 e. The number of cyclic esters (lactones) is 1. The van der Waals surface area contributed by atoms with Crippen LogP contribution in [0, 0.1) is 35.0 Å². The summed E-state index contributed by atoms with van der Waals surface area (Å²) in [4.78, 5) is 21.8. The molecule has 13 nitrogen and oxygen atoms in total. The zero-order valence-electron chi connectivity index (χ0n) is 35.5. The molecule has 17 atom stereocenters. The van der Waals surface area contributed by atoms with Gasteiger partial charge in [0.25, 0.3) is 0 Å². The maximum atomic E-state index is 14.3. The highest BCUT2D eigenvalue weighted by Gasteiger charge is 2.52. The molecule has 13 heteroatoms. The second kappa shape index (κ2) is 18.2. The van der Waals surface area contributed by atoms with E-state index in [1.54, 1.807) is 34.8 Å². The number of aliphatic hydroxyl groups excluding tert-OH is 2. The van der Waals surface area contributed by atoms with Crippen molar-refractivity contribution < 1.29 is 53.4 Å². The van der Waals surface area contributed by atoms with Gasteiger partial charge in [0.1, 0.15) is 24.9 Å². The third-order valence-electron chi connectivity index (χ3n) is 12.7. The molecule has 0 aliphatic carbocycles. The number of carbonyl (C=O) groups is 1. The van der Waals surface area contributed by atoms with Gasteiger partial charge in [-0.15, -0.1) is 0 Å². The van der Waals surface area contributed by atoms with Crippen molar-refractivity contribution in [2.24, 2.45) is 40.2 Å². The smallest absolute Gasteiger partial charge is 0.311 e. The minimum atomic E-state index is -1.82. The maximum Gasteiger partial charge on any atom is 0.311 e. The summed E-state index contributed by atoms with van der Waals surface area (Å²) in [5, 5.41) is 39.0. The Labute approximate surface area is 319 Å². The van der Waals surface area contributed by atoms with Crippen LogP contribution in [0.15, 0.2) is 5.16 Å². The molecule has 0 bridgehead atoms. The van der Waals surface area contributed by atoms with E-state index < -0.39 is 89.5 Å². The van der Waals surface area contributed by atoms with Gasteiger partial charge < -0.3 is 53.5 Å². The van der Waals surface area contributed by atoms with Crippen LogP contribution in [0.5, 0.6) is 0 Å². The molecule has 3 heterocycles. The molecular weight excluding hydrogens is 684 g/mol. The van der Waals surface area contributed by atoms with Crippen LogP contribution < -0.4 is 0 Å². The Morgan fingerprint density at radius 2 is 1.51 bits per heavy atom. The quantitative estimate of drug-likeness (QED) is 0.231. The van der Waals surface area contributed by atoms with E-state index in [4.69, 9.17) is 33.3 Å². The molecule has 0 amide bonds. The lowest BCUT2D eigenvalue weighted by molar-refractivity contribution is -0.309. The molecule has 310 valence electrons. The van der Waals surface area contributed by atoms with Crippen LogP contribution in [0.4, 0.5) is 0 Å². The summed E-state index contributed by atoms with van der Waals surface area (Å²) in [5.41, 5.74) is -2.81. The van der Waals surface area contributed by atoms with Gasteiger partial charge in [0.2, 0.25) is 0 Å². The summed E-state index contributed by atoms with van der Waals surface area (Å²) >= 11 is 0. The van der Waals surface area contributed by atoms with E-state index in [2.05, 4.69) is 51.8 Å². The first kappa shape index (κ1) is 46.0. The number of methoxy groups -OCH3 is 1. The molecule has 8 unspecified atom stereocenters. The summed E-state index contributed by atoms with van der Waals surface area (Å²) in [7, 11) is 7.17. The molecule has 53 heavy (non-hydrogen) atoms. The molecule has 3 saturated heterocycles. The summed E-state index contributed by atoms with van der Waals surface area (Å²) in [6.45, 7) is 23.0. The molecule has 0 aromatic rings. The SMILES string of the molecule is CC[C@H]1OC(=O)[C@H](C)[C@@H](OC2CC(C)(OC)C(O)C(C)O2)[C@H](C)[C@@H](OC2OC(C)CC(N(C)C)C2C)C(C)(C)C[C@@H](C)/C(=N/OC)[C@H](C)[C@@H](O)[C@]1(C)O. The molecule has 0 radical (unpaired) electrons. The summed E-state index contributed by atoms with van der Waals surface area (Å²) < 4.78 is 38.8. The van der Waals surface area contributed by atoms with E-state index in [0.717, 1.165) is 6.42 Å². The molecule has 3 fully saturated rings. The van der Waals surface area contributed by atoms with Crippen LogP contribution in [-0.2, 0) is 38.1 Å². The molecule has 0 aromatic heterocycles. The van der Waals surface area contributed by atoms with E-state index in [1.165, 1.54) is 14.0 Å². The van der Waals surface area contributed by atoms with E-state index >= 15 is 0 Å². The van der Waals surface area contributed by atoms with Crippen molar-refractivity contribution >= 4 is 11.7 Å². The van der Waals surface area contributed by atoms with Crippen molar-refractivity contribution in [1.82, 2.24) is 4.90 Å². The number of ether oxygens (including phenoxy) is 6. The summed E-state index contributed by atoms with van der Waals surface area (Å²) in [5.74, 6) is -2.75. The second-order valence-corrected chi connectivity index (χ2v) is 17.8.